The smallest absolute Gasteiger partial charge is 0.126 e. The highest BCUT2D eigenvalue weighted by Gasteiger charge is 2.18. The molecule has 0 spiro atoms. The largest absolute Gasteiger partial charge is 0.309 e. The van der Waals surface area contributed by atoms with Gasteiger partial charge < -0.3 is 4.90 Å². The summed E-state index contributed by atoms with van der Waals surface area (Å²) < 4.78 is 69.9. The van der Waals surface area contributed by atoms with E-state index in [1.807, 2.05) is 29.2 Å². The fraction of sp³-hybridized carbons (Fsp3) is 0. The van der Waals surface area contributed by atoms with Crippen LogP contribution in [0.5, 0.6) is 0 Å². The minimum atomic E-state index is -0.692. The number of hydrogen-bond donors (Lipinski definition) is 0. The lowest BCUT2D eigenvalue weighted by Gasteiger charge is -2.26. The van der Waals surface area contributed by atoms with Crippen molar-refractivity contribution < 1.29 is 22.0 Å². The molecule has 2 nitrogen and oxygen atoms in total. The lowest BCUT2D eigenvalue weighted by molar-refractivity contribution is 0.584. The number of halogens is 5. The number of fused-ring (bicyclic) bond motifs is 1. The zero-order valence-corrected chi connectivity index (χ0v) is 24.1. The molecule has 0 fully saturated rings. The molecule has 1 heterocycles. The number of hydrogen-bond acceptors (Lipinski definition) is 2. The molecule has 224 valence electrons. The standard InChI is InChI=1S/C39H23F5N2/c40-29-8-4-24(5-9-29)28-19-37(25-6-10-30(41)11-7-25)38-22-36(23-45-39(38)20-28)46(34-14-12-31(42)13-15-34)35-3-1-2-26(18-35)27-16-32(43)21-33(44)17-27/h1-23H. The Bertz CT molecular complexity index is 2180. The highest BCUT2D eigenvalue weighted by molar-refractivity contribution is 6.00. The van der Waals surface area contributed by atoms with Crippen molar-refractivity contribution in [2.24, 2.45) is 0 Å². The summed E-state index contributed by atoms with van der Waals surface area (Å²) in [6.45, 7) is 0. The summed E-state index contributed by atoms with van der Waals surface area (Å²) in [6.07, 6.45) is 1.68. The highest BCUT2D eigenvalue weighted by Crippen LogP contribution is 2.40. The van der Waals surface area contributed by atoms with Crippen LogP contribution in [-0.2, 0) is 0 Å². The van der Waals surface area contributed by atoms with E-state index >= 15 is 0 Å². The second kappa shape index (κ2) is 11.9. The van der Waals surface area contributed by atoms with Crippen LogP contribution in [0.3, 0.4) is 0 Å². The maximum Gasteiger partial charge on any atom is 0.126 e. The lowest BCUT2D eigenvalue weighted by Crippen LogP contribution is -2.10. The van der Waals surface area contributed by atoms with E-state index in [4.69, 9.17) is 4.98 Å². The van der Waals surface area contributed by atoms with Crippen molar-refractivity contribution in [1.82, 2.24) is 4.98 Å². The van der Waals surface area contributed by atoms with Gasteiger partial charge in [0.1, 0.15) is 29.1 Å². The minimum absolute atomic E-state index is 0.349. The van der Waals surface area contributed by atoms with E-state index in [2.05, 4.69) is 0 Å². The second-order valence-electron chi connectivity index (χ2n) is 10.8. The molecule has 7 aromatic rings. The molecule has 1 aromatic heterocycles. The predicted octanol–water partition coefficient (Wildman–Crippen LogP) is 11.4. The van der Waals surface area contributed by atoms with Crippen molar-refractivity contribution in [2.45, 2.75) is 0 Å². The molecular formula is C39H23F5N2. The normalized spacial score (nSPS) is 11.2. The van der Waals surface area contributed by atoms with Gasteiger partial charge in [-0.2, -0.15) is 0 Å². The molecule has 0 radical (unpaired) electrons. The number of rotatable bonds is 6. The van der Waals surface area contributed by atoms with Gasteiger partial charge in [-0.1, -0.05) is 36.4 Å². The van der Waals surface area contributed by atoms with Crippen molar-refractivity contribution >= 4 is 28.0 Å². The quantitative estimate of drug-likeness (QED) is 0.173. The maximum atomic E-state index is 14.1. The van der Waals surface area contributed by atoms with Crippen LogP contribution in [0.4, 0.5) is 39.0 Å². The summed E-state index contributed by atoms with van der Waals surface area (Å²) in [6, 6.07) is 34.5. The molecule has 0 aliphatic heterocycles. The summed E-state index contributed by atoms with van der Waals surface area (Å²) in [5.74, 6) is -2.51. The van der Waals surface area contributed by atoms with E-state index in [1.54, 1.807) is 60.8 Å². The first-order chi connectivity index (χ1) is 22.3. The molecule has 0 aliphatic carbocycles. The van der Waals surface area contributed by atoms with Crippen molar-refractivity contribution in [3.63, 3.8) is 0 Å². The van der Waals surface area contributed by atoms with E-state index in [0.29, 0.717) is 33.7 Å². The average molecular weight is 615 g/mol. The van der Waals surface area contributed by atoms with Crippen molar-refractivity contribution in [2.75, 3.05) is 4.90 Å². The molecule has 0 unspecified atom stereocenters. The Morgan fingerprint density at radius 2 is 0.978 bits per heavy atom. The molecule has 7 rings (SSSR count). The number of anilines is 3. The Morgan fingerprint density at radius 1 is 0.391 bits per heavy atom. The van der Waals surface area contributed by atoms with Crippen LogP contribution >= 0.6 is 0 Å². The van der Waals surface area contributed by atoms with E-state index < -0.39 is 17.5 Å². The average Bonchev–Trinajstić information content (AvgIpc) is 3.06. The van der Waals surface area contributed by atoms with E-state index in [9.17, 15) is 22.0 Å². The third-order valence-electron chi connectivity index (χ3n) is 7.76. The monoisotopic (exact) mass is 614 g/mol. The van der Waals surface area contributed by atoms with Crippen LogP contribution in [0.15, 0.2) is 140 Å². The Balaban J connectivity index is 1.43. The van der Waals surface area contributed by atoms with Gasteiger partial charge in [0.05, 0.1) is 17.4 Å². The van der Waals surface area contributed by atoms with Crippen LogP contribution in [0.25, 0.3) is 44.3 Å². The first kappa shape index (κ1) is 28.9. The third kappa shape index (κ3) is 5.83. The summed E-state index contributed by atoms with van der Waals surface area (Å²) >= 11 is 0. The van der Waals surface area contributed by atoms with E-state index in [-0.39, 0.29) is 11.6 Å². The maximum absolute atomic E-state index is 14.1. The zero-order valence-electron chi connectivity index (χ0n) is 24.1. The van der Waals surface area contributed by atoms with Gasteiger partial charge in [-0.3, -0.25) is 4.98 Å². The number of benzene rings is 6. The van der Waals surface area contributed by atoms with Crippen LogP contribution in [0.1, 0.15) is 0 Å². The van der Waals surface area contributed by atoms with Gasteiger partial charge in [0.2, 0.25) is 0 Å². The third-order valence-corrected chi connectivity index (χ3v) is 7.76. The summed E-state index contributed by atoms with van der Waals surface area (Å²) in [7, 11) is 0. The lowest BCUT2D eigenvalue weighted by atomic mass is 9.94. The van der Waals surface area contributed by atoms with Crippen LogP contribution in [0.2, 0.25) is 0 Å². The van der Waals surface area contributed by atoms with Crippen molar-refractivity contribution in [3.8, 4) is 33.4 Å². The predicted molar refractivity (Wildman–Crippen MR) is 173 cm³/mol. The molecule has 46 heavy (non-hydrogen) atoms. The van der Waals surface area contributed by atoms with Crippen LogP contribution in [0, 0.1) is 29.1 Å². The Morgan fingerprint density at radius 3 is 1.63 bits per heavy atom. The van der Waals surface area contributed by atoms with Gasteiger partial charge in [-0.15, -0.1) is 0 Å². The molecule has 0 saturated heterocycles. The molecule has 0 saturated carbocycles. The highest BCUT2D eigenvalue weighted by atomic mass is 19.1. The van der Waals surface area contributed by atoms with Gasteiger partial charge in [0.15, 0.2) is 0 Å². The summed E-state index contributed by atoms with van der Waals surface area (Å²) in [5.41, 5.74) is 6.58. The first-order valence-electron chi connectivity index (χ1n) is 14.4. The Hall–Kier alpha value is -5.82. The molecule has 7 heteroatoms. The minimum Gasteiger partial charge on any atom is -0.309 e. The molecular weight excluding hydrogens is 591 g/mol. The summed E-state index contributed by atoms with van der Waals surface area (Å²) in [4.78, 5) is 6.69. The van der Waals surface area contributed by atoms with E-state index in [0.717, 1.165) is 33.7 Å². The fourth-order valence-corrected chi connectivity index (χ4v) is 5.60. The van der Waals surface area contributed by atoms with Crippen LogP contribution < -0.4 is 4.90 Å². The van der Waals surface area contributed by atoms with Gasteiger partial charge in [-0.25, -0.2) is 22.0 Å². The Labute approximate surface area is 261 Å². The first-order valence-corrected chi connectivity index (χ1v) is 14.4. The molecule has 0 amide bonds. The SMILES string of the molecule is Fc1ccc(-c2cc(-c3ccc(F)cc3)c3cc(N(c4ccc(F)cc4)c4cccc(-c5cc(F)cc(F)c5)c4)cnc3c2)cc1. The number of nitrogens with zero attached hydrogens (tertiary/aromatic N) is 2. The Kier molecular flexibility index (Phi) is 7.50. The van der Waals surface area contributed by atoms with Gasteiger partial charge in [0.25, 0.3) is 0 Å². The molecule has 0 N–H and O–H groups in total. The summed E-state index contributed by atoms with van der Waals surface area (Å²) in [5, 5.41) is 0.755. The number of aromatic nitrogens is 1. The molecule has 0 atom stereocenters. The van der Waals surface area contributed by atoms with Crippen LogP contribution in [-0.4, -0.2) is 4.98 Å². The topological polar surface area (TPSA) is 16.1 Å². The van der Waals surface area contributed by atoms with Crippen molar-refractivity contribution in [1.29, 1.82) is 0 Å². The fourth-order valence-electron chi connectivity index (χ4n) is 5.60. The number of pyridine rings is 1. The van der Waals surface area contributed by atoms with Gasteiger partial charge in [0, 0.05) is 22.8 Å². The molecule has 6 aromatic carbocycles. The zero-order chi connectivity index (χ0) is 31.8. The van der Waals surface area contributed by atoms with Gasteiger partial charge >= 0.3 is 0 Å². The van der Waals surface area contributed by atoms with E-state index in [1.165, 1.54) is 48.5 Å². The van der Waals surface area contributed by atoms with Gasteiger partial charge in [-0.05, 0) is 124 Å². The van der Waals surface area contributed by atoms with Crippen molar-refractivity contribution in [3.05, 3.63) is 169 Å². The second-order valence-corrected chi connectivity index (χ2v) is 10.8. The molecule has 0 aliphatic rings. The molecule has 0 bridgehead atoms.